The largest absolute Gasteiger partial charge is 0.497 e. The summed E-state index contributed by atoms with van der Waals surface area (Å²) in [6.45, 7) is 9.09. The normalized spacial score (nSPS) is 14.6. The fourth-order valence-corrected chi connectivity index (χ4v) is 12.5. The van der Waals surface area contributed by atoms with Gasteiger partial charge in [-0.3, -0.25) is 27.8 Å². The Hall–Kier alpha value is -9.93. The van der Waals surface area contributed by atoms with Crippen LogP contribution in [0.25, 0.3) is 55.8 Å². The Bertz CT molecular complexity index is 5050. The highest BCUT2D eigenvalue weighted by Crippen LogP contribution is 2.43. The first-order valence-electron chi connectivity index (χ1n) is 30.4. The summed E-state index contributed by atoms with van der Waals surface area (Å²) in [6.07, 6.45) is 2.14. The van der Waals surface area contributed by atoms with Crippen LogP contribution >= 0.6 is 11.6 Å². The molecule has 6 aromatic carbocycles. The van der Waals surface area contributed by atoms with Crippen LogP contribution in [0.1, 0.15) is 91.6 Å². The number of carbonyl (C=O) groups is 4. The SMILES string of the molecule is CNC(=O)c1c(-c2ccc(F)cc2)oc2cc(N(C)S(C)(=O)=O)c(-c3ccc4c(n3)C(=O)N(Cc3ccc(F)cc3)C4)cc12.CNC(=O)c1c(-c2ccc(F)cc2)oc2cc(N(C)S(C)(=O)=O)c(B3OC(C)(C)C(C)(C)O3)cc12.O=C1c2nc(Cl)ccc2CN1Cc1ccc(F)cc1. The molecule has 3 aliphatic heterocycles. The van der Waals surface area contributed by atoms with Crippen LogP contribution in [-0.4, -0.2) is 119 Å². The predicted octanol–water partition coefficient (Wildman–Crippen LogP) is 11.7. The average molecular weight is 1400 g/mol. The van der Waals surface area contributed by atoms with Gasteiger partial charge in [-0.2, -0.15) is 0 Å². The first kappa shape index (κ1) is 69.4. The van der Waals surface area contributed by atoms with E-state index in [1.807, 2.05) is 33.8 Å². The molecule has 0 aliphatic carbocycles. The van der Waals surface area contributed by atoms with Crippen molar-refractivity contribution in [3.05, 3.63) is 219 Å². The van der Waals surface area contributed by atoms with Crippen molar-refractivity contribution in [3.63, 3.8) is 0 Å². The minimum atomic E-state index is -3.76. The molecule has 1 fully saturated rings. The molecule has 3 aliphatic rings. The van der Waals surface area contributed by atoms with Gasteiger partial charge in [0.25, 0.3) is 23.6 Å². The molecule has 506 valence electrons. The third kappa shape index (κ3) is 14.0. The van der Waals surface area contributed by atoms with Crippen LogP contribution in [0, 0.1) is 23.3 Å². The number of pyridine rings is 2. The summed E-state index contributed by atoms with van der Waals surface area (Å²) in [7, 11) is -2.55. The van der Waals surface area contributed by atoms with Crippen LogP contribution in [-0.2, 0) is 55.5 Å². The number of hydrogen-bond acceptors (Lipinski definition) is 14. The van der Waals surface area contributed by atoms with Crippen LogP contribution in [0.2, 0.25) is 5.15 Å². The van der Waals surface area contributed by atoms with Crippen molar-refractivity contribution >= 4 is 101 Å². The van der Waals surface area contributed by atoms with E-state index in [9.17, 15) is 53.6 Å². The molecule has 28 heteroatoms. The monoisotopic (exact) mass is 1390 g/mol. The number of amides is 4. The molecule has 10 aromatic rings. The molecule has 4 aromatic heterocycles. The quantitative estimate of drug-likeness (QED) is 0.0584. The third-order valence-electron chi connectivity index (χ3n) is 17.4. The molecular formula is C70H64BClF4N8O12S2. The first-order chi connectivity index (χ1) is 46.2. The number of rotatable bonds is 14. The molecule has 0 bridgehead atoms. The van der Waals surface area contributed by atoms with Crippen LogP contribution in [0.5, 0.6) is 0 Å². The molecule has 0 saturated carbocycles. The standard InChI is InChI=1S/C32H26F2N4O5S.C24H28BFN2O6S.C14H10ClFN2O/c1-35-31(39)28-24-14-23(25-13-8-20-17-38(32(40)29(20)36-25)16-18-4-9-21(33)10-5-18)26(37(2)44(3,41)42)15-27(24)43-30(28)19-6-11-22(34)12-7-19;1-23(2)24(3,4)34-25(33-23)17-12-16-19(13-18(17)28(6)35(7,30)31)32-21(20(16)22(29)27-5)14-8-10-15(26)11-9-14;15-12-6-3-10-8-18(14(19)13(10)17-12)7-9-1-4-11(16)5-2-9/h4-15H,16-17H2,1-3H3,(H,35,39);8-13H,1-7H3,(H,27,29);1-6H,7-8H2. The second kappa shape index (κ2) is 26.8. The van der Waals surface area contributed by atoms with Crippen molar-refractivity contribution in [1.29, 1.82) is 0 Å². The van der Waals surface area contributed by atoms with Crippen molar-refractivity contribution in [2.45, 2.75) is 65.1 Å². The van der Waals surface area contributed by atoms with Crippen molar-refractivity contribution < 1.29 is 71.7 Å². The summed E-state index contributed by atoms with van der Waals surface area (Å²) in [5.74, 6) is -2.46. The van der Waals surface area contributed by atoms with Gasteiger partial charge >= 0.3 is 7.12 Å². The molecule has 20 nitrogen and oxygen atoms in total. The first-order valence-corrected chi connectivity index (χ1v) is 34.4. The van der Waals surface area contributed by atoms with Gasteiger partial charge in [-0.05, 0) is 136 Å². The number of sulfonamides is 2. The number of fused-ring (bicyclic) bond motifs is 4. The van der Waals surface area contributed by atoms with Crippen molar-refractivity contribution in [1.82, 2.24) is 30.4 Å². The van der Waals surface area contributed by atoms with E-state index in [-0.39, 0.29) is 75.2 Å². The highest BCUT2D eigenvalue weighted by Gasteiger charge is 2.53. The number of furan rings is 2. The van der Waals surface area contributed by atoms with E-state index in [2.05, 4.69) is 20.6 Å². The fraction of sp³-hybridized carbons (Fsp3) is 0.229. The van der Waals surface area contributed by atoms with Crippen LogP contribution in [0.15, 0.2) is 154 Å². The lowest BCUT2D eigenvalue weighted by atomic mass is 9.77. The fourth-order valence-electron chi connectivity index (χ4n) is 11.3. The lowest BCUT2D eigenvalue weighted by Crippen LogP contribution is -2.41. The number of benzene rings is 6. The van der Waals surface area contributed by atoms with Gasteiger partial charge in [0.2, 0.25) is 20.0 Å². The Morgan fingerprint density at radius 2 is 0.949 bits per heavy atom. The highest BCUT2D eigenvalue weighted by atomic mass is 35.5. The molecule has 0 atom stereocenters. The zero-order valence-corrected chi connectivity index (χ0v) is 56.9. The molecule has 2 N–H and O–H groups in total. The molecule has 13 rings (SSSR count). The predicted molar refractivity (Wildman–Crippen MR) is 365 cm³/mol. The Labute approximate surface area is 567 Å². The van der Waals surface area contributed by atoms with Gasteiger partial charge in [0, 0.05) is 111 Å². The number of anilines is 2. The van der Waals surface area contributed by atoms with Crippen molar-refractivity contribution in [2.24, 2.45) is 0 Å². The summed E-state index contributed by atoms with van der Waals surface area (Å²) in [5.41, 5.74) is 5.92. The highest BCUT2D eigenvalue weighted by molar-refractivity contribution is 7.92. The van der Waals surface area contributed by atoms with Gasteiger partial charge in [0.15, 0.2) is 0 Å². The van der Waals surface area contributed by atoms with Crippen LogP contribution < -0.4 is 24.7 Å². The lowest BCUT2D eigenvalue weighted by molar-refractivity contribution is 0.00578. The van der Waals surface area contributed by atoms with Gasteiger partial charge in [-0.15, -0.1) is 0 Å². The minimum Gasteiger partial charge on any atom is -0.455 e. The molecule has 0 spiro atoms. The molecular weight excluding hydrogens is 1330 g/mol. The van der Waals surface area contributed by atoms with Crippen molar-refractivity contribution in [2.75, 3.05) is 49.3 Å². The van der Waals surface area contributed by atoms with Crippen molar-refractivity contribution in [3.8, 4) is 33.9 Å². The molecule has 0 radical (unpaired) electrons. The summed E-state index contributed by atoms with van der Waals surface area (Å²) >= 11 is 5.79. The summed E-state index contributed by atoms with van der Waals surface area (Å²) < 4.78 is 131. The minimum absolute atomic E-state index is 0.137. The third-order valence-corrected chi connectivity index (χ3v) is 20.0. The van der Waals surface area contributed by atoms with E-state index in [0.29, 0.717) is 80.4 Å². The number of halogens is 5. The van der Waals surface area contributed by atoms with Gasteiger partial charge in [0.1, 0.15) is 62.5 Å². The van der Waals surface area contributed by atoms with E-state index in [1.165, 1.54) is 107 Å². The van der Waals surface area contributed by atoms with Gasteiger partial charge < -0.3 is 38.6 Å². The molecule has 7 heterocycles. The zero-order chi connectivity index (χ0) is 70.7. The Morgan fingerprint density at radius 1 is 0.561 bits per heavy atom. The lowest BCUT2D eigenvalue weighted by Gasteiger charge is -2.32. The van der Waals surface area contributed by atoms with Gasteiger partial charge in [-0.1, -0.05) is 48.0 Å². The number of nitrogens with zero attached hydrogens (tertiary/aromatic N) is 6. The average Bonchev–Trinajstić information content (AvgIpc) is 1.57. The Kier molecular flexibility index (Phi) is 19.0. The maximum absolute atomic E-state index is 13.7. The van der Waals surface area contributed by atoms with E-state index in [1.54, 1.807) is 70.5 Å². The van der Waals surface area contributed by atoms with Crippen LogP contribution in [0.3, 0.4) is 0 Å². The van der Waals surface area contributed by atoms with E-state index in [0.717, 1.165) is 37.8 Å². The topological polar surface area (TPSA) is 244 Å². The van der Waals surface area contributed by atoms with E-state index < -0.39 is 61.8 Å². The summed E-state index contributed by atoms with van der Waals surface area (Å²) in [5, 5.41) is 6.35. The molecule has 98 heavy (non-hydrogen) atoms. The number of carbonyl (C=O) groups excluding carboxylic acids is 4. The van der Waals surface area contributed by atoms with E-state index in [4.69, 9.17) is 29.7 Å². The number of hydrogen-bond donors (Lipinski definition) is 2. The van der Waals surface area contributed by atoms with Gasteiger partial charge in [0.05, 0.1) is 51.9 Å². The van der Waals surface area contributed by atoms with E-state index >= 15 is 0 Å². The Morgan fingerprint density at radius 3 is 1.38 bits per heavy atom. The molecule has 0 unspecified atom stereocenters. The second-order valence-electron chi connectivity index (χ2n) is 24.5. The Balaban J connectivity index is 0.000000160. The van der Waals surface area contributed by atoms with Gasteiger partial charge in [-0.25, -0.2) is 44.4 Å². The molecule has 4 amide bonds. The summed E-state index contributed by atoms with van der Waals surface area (Å²) in [4.78, 5) is 63.6. The molecule has 1 saturated heterocycles. The smallest absolute Gasteiger partial charge is 0.455 e. The summed E-state index contributed by atoms with van der Waals surface area (Å²) in [6, 6.07) is 36.3. The second-order valence-corrected chi connectivity index (χ2v) is 28.9. The van der Waals surface area contributed by atoms with Crippen LogP contribution in [0.4, 0.5) is 28.9 Å². The maximum Gasteiger partial charge on any atom is 0.497 e. The number of nitrogens with one attached hydrogen (secondary N) is 2. The number of aromatic nitrogens is 2. The maximum atomic E-state index is 13.7. The zero-order valence-electron chi connectivity index (χ0n) is 54.6.